The number of anilines is 1. The topological polar surface area (TPSA) is 73.9 Å². The fourth-order valence-electron chi connectivity index (χ4n) is 6.49. The highest BCUT2D eigenvalue weighted by molar-refractivity contribution is 5.46. The summed E-state index contributed by atoms with van der Waals surface area (Å²) in [6, 6.07) is 17.6. The first-order valence-electron chi connectivity index (χ1n) is 13.3. The van der Waals surface area contributed by atoms with Crippen LogP contribution in [0.25, 0.3) is 0 Å². The number of hydrogen-bond acceptors (Lipinski definition) is 6. The van der Waals surface area contributed by atoms with E-state index in [-0.39, 0.29) is 16.7 Å². The molecule has 0 radical (unpaired) electrons. The van der Waals surface area contributed by atoms with Crippen LogP contribution in [0, 0.1) is 5.92 Å². The molecule has 2 bridgehead atoms. The van der Waals surface area contributed by atoms with Gasteiger partial charge in [0.15, 0.2) is 5.75 Å². The van der Waals surface area contributed by atoms with Crippen LogP contribution in [-0.4, -0.2) is 63.3 Å². The van der Waals surface area contributed by atoms with E-state index in [1.54, 1.807) is 12.1 Å². The van der Waals surface area contributed by atoms with E-state index in [1.807, 2.05) is 28.3 Å². The normalized spacial score (nSPS) is 22.1. The van der Waals surface area contributed by atoms with E-state index in [0.717, 1.165) is 63.6 Å². The second-order valence-corrected chi connectivity index (χ2v) is 10.8. The number of nitrogens with zero attached hydrogens (tertiary/aromatic N) is 5. The number of hydrogen-bond donors (Lipinski definition) is 1. The quantitative estimate of drug-likeness (QED) is 0.578. The molecule has 1 aromatic carbocycles. The van der Waals surface area contributed by atoms with Crippen LogP contribution >= 0.6 is 0 Å². The van der Waals surface area contributed by atoms with Crippen LogP contribution in [0.15, 0.2) is 64.2 Å². The Morgan fingerprint density at radius 3 is 2.43 bits per heavy atom. The molecule has 0 saturated carbocycles. The number of aromatic hydroxyl groups is 1. The zero-order valence-corrected chi connectivity index (χ0v) is 21.4. The minimum absolute atomic E-state index is 0.0934. The van der Waals surface area contributed by atoms with Crippen LogP contribution in [-0.2, 0) is 26.7 Å². The molecule has 3 aromatic rings. The van der Waals surface area contributed by atoms with Gasteiger partial charge in [0, 0.05) is 101 Å². The lowest BCUT2D eigenvalue weighted by molar-refractivity contribution is 0.112. The third kappa shape index (κ3) is 4.71. The van der Waals surface area contributed by atoms with Gasteiger partial charge in [0.25, 0.3) is 5.56 Å². The number of pyridine rings is 2. The van der Waals surface area contributed by atoms with Gasteiger partial charge in [-0.05, 0) is 30.5 Å². The van der Waals surface area contributed by atoms with Crippen molar-refractivity contribution in [1.82, 2.24) is 18.9 Å². The number of piperazine rings is 1. The predicted molar refractivity (Wildman–Crippen MR) is 144 cm³/mol. The van der Waals surface area contributed by atoms with Gasteiger partial charge in [0.05, 0.1) is 5.69 Å². The van der Waals surface area contributed by atoms with Crippen LogP contribution < -0.4 is 15.9 Å². The van der Waals surface area contributed by atoms with Crippen molar-refractivity contribution in [3.8, 4) is 5.75 Å². The average molecular weight is 502 g/mol. The number of likely N-dealkylation sites (tertiary alicyclic amines) is 1. The summed E-state index contributed by atoms with van der Waals surface area (Å²) in [4.78, 5) is 32.2. The minimum atomic E-state index is -0.305. The summed E-state index contributed by atoms with van der Waals surface area (Å²) < 4.78 is 3.96. The summed E-state index contributed by atoms with van der Waals surface area (Å²) in [6.45, 7) is 7.33. The van der Waals surface area contributed by atoms with Gasteiger partial charge in [-0.1, -0.05) is 24.3 Å². The Hall–Kier alpha value is -3.36. The van der Waals surface area contributed by atoms with E-state index < -0.39 is 0 Å². The van der Waals surface area contributed by atoms with Crippen molar-refractivity contribution in [2.75, 3.05) is 44.2 Å². The van der Waals surface area contributed by atoms with Crippen molar-refractivity contribution in [3.05, 3.63) is 92.3 Å². The molecule has 3 aliphatic rings. The van der Waals surface area contributed by atoms with Gasteiger partial charge in [0.2, 0.25) is 5.43 Å². The Kier molecular flexibility index (Phi) is 6.38. The molecule has 0 amide bonds. The molecule has 6 rings (SSSR count). The number of para-hydroxylation sites is 1. The summed E-state index contributed by atoms with van der Waals surface area (Å²) >= 11 is 0. The zero-order chi connectivity index (χ0) is 25.5. The molecular formula is C29H35N5O3. The smallest absolute Gasteiger partial charge is 0.250 e. The Morgan fingerprint density at radius 2 is 1.65 bits per heavy atom. The molecule has 37 heavy (non-hydrogen) atoms. The fraction of sp³-hybridized carbons (Fsp3) is 0.448. The van der Waals surface area contributed by atoms with Gasteiger partial charge in [-0.25, -0.2) is 0 Å². The second kappa shape index (κ2) is 9.84. The summed E-state index contributed by atoms with van der Waals surface area (Å²) in [5.74, 6) is 0.623. The van der Waals surface area contributed by atoms with Crippen LogP contribution in [0.4, 0.5) is 5.69 Å². The summed E-state index contributed by atoms with van der Waals surface area (Å²) in [7, 11) is 1.96. The lowest BCUT2D eigenvalue weighted by atomic mass is 9.83. The van der Waals surface area contributed by atoms with Crippen molar-refractivity contribution < 1.29 is 5.11 Å². The monoisotopic (exact) mass is 501 g/mol. The first-order chi connectivity index (χ1) is 18.0. The van der Waals surface area contributed by atoms with E-state index in [0.29, 0.717) is 30.6 Å². The van der Waals surface area contributed by atoms with Crippen LogP contribution in [0.2, 0.25) is 0 Å². The SMILES string of the molecule is Cn1c(CN2C[C@@H]3C[C@H](C2)c2cccc(=O)n2C3)cc(=O)c(O)c1CN1CCN(c2ccccc2)CC1. The van der Waals surface area contributed by atoms with Crippen molar-refractivity contribution in [2.45, 2.75) is 32.0 Å². The molecule has 5 heterocycles. The summed E-state index contributed by atoms with van der Waals surface area (Å²) in [6.07, 6.45) is 1.11. The maximum Gasteiger partial charge on any atom is 0.250 e. The maximum absolute atomic E-state index is 12.8. The highest BCUT2D eigenvalue weighted by Gasteiger charge is 2.34. The third-order valence-electron chi connectivity index (χ3n) is 8.45. The molecule has 3 aliphatic heterocycles. The molecule has 2 fully saturated rings. The van der Waals surface area contributed by atoms with Crippen molar-refractivity contribution in [2.24, 2.45) is 13.0 Å². The van der Waals surface area contributed by atoms with E-state index in [4.69, 9.17) is 0 Å². The van der Waals surface area contributed by atoms with Crippen molar-refractivity contribution >= 4 is 5.69 Å². The molecule has 2 atom stereocenters. The number of benzene rings is 1. The van der Waals surface area contributed by atoms with Gasteiger partial charge in [-0.3, -0.25) is 19.4 Å². The highest BCUT2D eigenvalue weighted by atomic mass is 16.3. The van der Waals surface area contributed by atoms with Gasteiger partial charge < -0.3 is 19.1 Å². The molecule has 8 nitrogen and oxygen atoms in total. The van der Waals surface area contributed by atoms with E-state index in [1.165, 1.54) is 5.69 Å². The molecule has 194 valence electrons. The molecule has 0 unspecified atom stereocenters. The first-order valence-corrected chi connectivity index (χ1v) is 13.3. The van der Waals surface area contributed by atoms with Crippen LogP contribution in [0.3, 0.4) is 0 Å². The van der Waals surface area contributed by atoms with Gasteiger partial charge >= 0.3 is 0 Å². The predicted octanol–water partition coefficient (Wildman–Crippen LogP) is 2.19. The molecular weight excluding hydrogens is 466 g/mol. The van der Waals surface area contributed by atoms with Gasteiger partial charge in [-0.2, -0.15) is 0 Å². The number of piperidine rings is 1. The third-order valence-corrected chi connectivity index (χ3v) is 8.45. The number of aromatic nitrogens is 2. The van der Waals surface area contributed by atoms with Crippen LogP contribution in [0.5, 0.6) is 5.75 Å². The Morgan fingerprint density at radius 1 is 0.865 bits per heavy atom. The Bertz CT molecular complexity index is 1390. The van der Waals surface area contributed by atoms with Crippen molar-refractivity contribution in [1.29, 1.82) is 0 Å². The zero-order valence-electron chi connectivity index (χ0n) is 21.4. The molecule has 2 aromatic heterocycles. The largest absolute Gasteiger partial charge is 0.503 e. The average Bonchev–Trinajstić information content (AvgIpc) is 2.91. The molecule has 0 aliphatic carbocycles. The number of fused-ring (bicyclic) bond motifs is 4. The van der Waals surface area contributed by atoms with Gasteiger partial charge in [-0.15, -0.1) is 0 Å². The van der Waals surface area contributed by atoms with Gasteiger partial charge in [0.1, 0.15) is 0 Å². The highest BCUT2D eigenvalue weighted by Crippen LogP contribution is 2.35. The molecule has 1 N–H and O–H groups in total. The lowest BCUT2D eigenvalue weighted by Crippen LogP contribution is -2.47. The standard InChI is InChI=1S/C29H35N5O3/c1-30-24(19-32-16-21-14-22(18-32)25-8-5-9-28(36)34(25)17-21)15-27(35)29(37)26(30)20-31-10-12-33(13-11-31)23-6-3-2-4-7-23/h2-9,15,21-22,37H,10-14,16-20H2,1H3/t21-,22+/m0/s1. The summed E-state index contributed by atoms with van der Waals surface area (Å²) in [5.41, 5.74) is 3.76. The Balaban J connectivity index is 1.16. The first kappa shape index (κ1) is 24.0. The van der Waals surface area contributed by atoms with E-state index in [9.17, 15) is 14.7 Å². The number of rotatable bonds is 5. The fourth-order valence-corrected chi connectivity index (χ4v) is 6.49. The maximum atomic E-state index is 12.8. The lowest BCUT2D eigenvalue weighted by Gasteiger charge is -2.43. The van der Waals surface area contributed by atoms with E-state index in [2.05, 4.69) is 45.0 Å². The molecule has 0 spiro atoms. The molecule has 8 heteroatoms. The summed E-state index contributed by atoms with van der Waals surface area (Å²) in [5, 5.41) is 10.7. The molecule has 2 saturated heterocycles. The van der Waals surface area contributed by atoms with Crippen LogP contribution in [0.1, 0.15) is 29.4 Å². The van der Waals surface area contributed by atoms with Crippen molar-refractivity contribution in [3.63, 3.8) is 0 Å². The second-order valence-electron chi connectivity index (χ2n) is 10.8. The van der Waals surface area contributed by atoms with E-state index >= 15 is 0 Å². The minimum Gasteiger partial charge on any atom is -0.503 e. The Labute approximate surface area is 217 Å².